The smallest absolute Gasteiger partial charge is 0.0573 e. The predicted molar refractivity (Wildman–Crippen MR) is 49.9 cm³/mol. The van der Waals surface area contributed by atoms with Crippen LogP contribution in [0, 0.1) is 12.3 Å². The van der Waals surface area contributed by atoms with Gasteiger partial charge in [-0.2, -0.15) is 0 Å². The van der Waals surface area contributed by atoms with Crippen LogP contribution in [0.15, 0.2) is 0 Å². The fourth-order valence-corrected chi connectivity index (χ4v) is 0.388. The third-order valence-electron chi connectivity index (χ3n) is 0.785. The van der Waals surface area contributed by atoms with Crippen LogP contribution in [0.25, 0.3) is 0 Å². The Balaban J connectivity index is -0.000000245. The predicted octanol–water partition coefficient (Wildman–Crippen LogP) is 0.402. The standard InChI is InChI=1S/C6H12N2.2ClH/c1-2-5-8-6-3-4-7;;/h1,8H,3-7H2;2*1H. The number of terminal acetylenes is 1. The lowest BCUT2D eigenvalue weighted by molar-refractivity contribution is 0.706. The maximum atomic E-state index is 5.22. The van der Waals surface area contributed by atoms with Crippen LogP contribution in [0.5, 0.6) is 0 Å². The van der Waals surface area contributed by atoms with E-state index in [4.69, 9.17) is 12.2 Å². The normalized spacial score (nSPS) is 6.80. The van der Waals surface area contributed by atoms with Crippen molar-refractivity contribution in [1.82, 2.24) is 5.32 Å². The highest BCUT2D eigenvalue weighted by atomic mass is 35.5. The van der Waals surface area contributed by atoms with E-state index in [9.17, 15) is 0 Å². The molecule has 0 aliphatic rings. The van der Waals surface area contributed by atoms with Crippen molar-refractivity contribution in [2.24, 2.45) is 5.73 Å². The zero-order valence-electron chi connectivity index (χ0n) is 5.80. The van der Waals surface area contributed by atoms with E-state index in [1.807, 2.05) is 0 Å². The van der Waals surface area contributed by atoms with Gasteiger partial charge in [-0.15, -0.1) is 31.2 Å². The Labute approximate surface area is 74.8 Å². The average Bonchev–Trinajstić information content (AvgIpc) is 1.81. The second-order valence-corrected chi connectivity index (χ2v) is 1.52. The highest BCUT2D eigenvalue weighted by Gasteiger charge is 1.78. The van der Waals surface area contributed by atoms with Crippen LogP contribution in [-0.2, 0) is 0 Å². The summed E-state index contributed by atoms with van der Waals surface area (Å²) in [5.74, 6) is 2.47. The lowest BCUT2D eigenvalue weighted by Gasteiger charge is -1.94. The van der Waals surface area contributed by atoms with Gasteiger partial charge in [-0.3, -0.25) is 0 Å². The van der Waals surface area contributed by atoms with Crippen molar-refractivity contribution in [1.29, 1.82) is 0 Å². The minimum Gasteiger partial charge on any atom is -0.330 e. The zero-order valence-corrected chi connectivity index (χ0v) is 7.43. The highest BCUT2D eigenvalue weighted by Crippen LogP contribution is 1.66. The van der Waals surface area contributed by atoms with Crippen LogP contribution in [0.2, 0.25) is 0 Å². The average molecular weight is 185 g/mol. The summed E-state index contributed by atoms with van der Waals surface area (Å²) in [5.41, 5.74) is 5.22. The number of hydrogen-bond donors (Lipinski definition) is 2. The Kier molecular flexibility index (Phi) is 26.6. The molecule has 0 spiro atoms. The molecular formula is C6H14Cl2N2. The number of nitrogens with two attached hydrogens (primary N) is 1. The summed E-state index contributed by atoms with van der Waals surface area (Å²) in [6.45, 7) is 2.32. The van der Waals surface area contributed by atoms with Crippen molar-refractivity contribution < 1.29 is 0 Å². The summed E-state index contributed by atoms with van der Waals surface area (Å²) < 4.78 is 0. The first-order chi connectivity index (χ1) is 3.91. The summed E-state index contributed by atoms with van der Waals surface area (Å²) in [5, 5.41) is 3.02. The molecule has 0 aliphatic carbocycles. The lowest BCUT2D eigenvalue weighted by Crippen LogP contribution is -2.17. The first kappa shape index (κ1) is 16.6. The zero-order chi connectivity index (χ0) is 6.24. The van der Waals surface area contributed by atoms with Gasteiger partial charge < -0.3 is 11.1 Å². The van der Waals surface area contributed by atoms with Gasteiger partial charge in [0.25, 0.3) is 0 Å². The van der Waals surface area contributed by atoms with E-state index in [2.05, 4.69) is 11.2 Å². The second kappa shape index (κ2) is 16.0. The van der Waals surface area contributed by atoms with Crippen LogP contribution in [-0.4, -0.2) is 19.6 Å². The summed E-state index contributed by atoms with van der Waals surface area (Å²) in [6.07, 6.45) is 5.97. The molecule has 3 N–H and O–H groups in total. The Morgan fingerprint density at radius 1 is 1.40 bits per heavy atom. The van der Waals surface area contributed by atoms with Gasteiger partial charge in [0.2, 0.25) is 0 Å². The van der Waals surface area contributed by atoms with E-state index in [0.29, 0.717) is 6.54 Å². The fraction of sp³-hybridized carbons (Fsp3) is 0.667. The minimum absolute atomic E-state index is 0. The number of nitrogens with one attached hydrogen (secondary N) is 1. The second-order valence-electron chi connectivity index (χ2n) is 1.52. The molecule has 0 atom stereocenters. The van der Waals surface area contributed by atoms with E-state index in [-0.39, 0.29) is 24.8 Å². The molecule has 0 radical (unpaired) electrons. The molecule has 0 rings (SSSR count). The van der Waals surface area contributed by atoms with Gasteiger partial charge in [-0.25, -0.2) is 0 Å². The van der Waals surface area contributed by atoms with E-state index in [1.54, 1.807) is 0 Å². The van der Waals surface area contributed by atoms with Gasteiger partial charge in [-0.1, -0.05) is 5.92 Å². The van der Waals surface area contributed by atoms with Crippen molar-refractivity contribution in [3.63, 3.8) is 0 Å². The van der Waals surface area contributed by atoms with Gasteiger partial charge >= 0.3 is 0 Å². The van der Waals surface area contributed by atoms with E-state index >= 15 is 0 Å². The Bertz CT molecular complexity index is 80.3. The summed E-state index contributed by atoms with van der Waals surface area (Å²) in [7, 11) is 0. The van der Waals surface area contributed by atoms with Crippen molar-refractivity contribution in [2.75, 3.05) is 19.6 Å². The molecule has 0 saturated heterocycles. The summed E-state index contributed by atoms with van der Waals surface area (Å²) >= 11 is 0. The lowest BCUT2D eigenvalue weighted by atomic mass is 10.4. The summed E-state index contributed by atoms with van der Waals surface area (Å²) in [6, 6.07) is 0. The van der Waals surface area contributed by atoms with E-state index < -0.39 is 0 Å². The Hall–Kier alpha value is 0.0600. The van der Waals surface area contributed by atoms with Crippen LogP contribution >= 0.6 is 24.8 Å². The third kappa shape index (κ3) is 15.7. The molecule has 0 aliphatic heterocycles. The molecule has 10 heavy (non-hydrogen) atoms. The van der Waals surface area contributed by atoms with Crippen molar-refractivity contribution in [3.8, 4) is 12.3 Å². The van der Waals surface area contributed by atoms with Gasteiger partial charge in [0, 0.05) is 0 Å². The molecular weight excluding hydrogens is 171 g/mol. The molecule has 62 valence electrons. The van der Waals surface area contributed by atoms with Crippen LogP contribution in [0.1, 0.15) is 6.42 Å². The van der Waals surface area contributed by atoms with E-state index in [0.717, 1.165) is 19.5 Å². The van der Waals surface area contributed by atoms with Gasteiger partial charge in [0.1, 0.15) is 0 Å². The van der Waals surface area contributed by atoms with Crippen LogP contribution < -0.4 is 11.1 Å². The van der Waals surface area contributed by atoms with Gasteiger partial charge in [-0.05, 0) is 19.5 Å². The van der Waals surface area contributed by atoms with Crippen LogP contribution in [0.4, 0.5) is 0 Å². The maximum Gasteiger partial charge on any atom is 0.0573 e. The molecule has 4 heteroatoms. The van der Waals surface area contributed by atoms with E-state index in [1.165, 1.54) is 0 Å². The Morgan fingerprint density at radius 2 is 2.00 bits per heavy atom. The third-order valence-corrected chi connectivity index (χ3v) is 0.785. The highest BCUT2D eigenvalue weighted by molar-refractivity contribution is 5.85. The maximum absolute atomic E-state index is 5.22. The molecule has 0 fully saturated rings. The van der Waals surface area contributed by atoms with Crippen molar-refractivity contribution in [2.45, 2.75) is 6.42 Å². The minimum atomic E-state index is 0. The monoisotopic (exact) mass is 184 g/mol. The number of hydrogen-bond acceptors (Lipinski definition) is 2. The Morgan fingerprint density at radius 3 is 2.40 bits per heavy atom. The number of rotatable bonds is 4. The first-order valence-electron chi connectivity index (χ1n) is 2.76. The molecule has 0 saturated carbocycles. The quantitative estimate of drug-likeness (QED) is 0.491. The topological polar surface area (TPSA) is 38.0 Å². The summed E-state index contributed by atoms with van der Waals surface area (Å²) in [4.78, 5) is 0. The molecule has 0 heterocycles. The first-order valence-corrected chi connectivity index (χ1v) is 2.76. The molecule has 0 aromatic heterocycles. The van der Waals surface area contributed by atoms with Crippen LogP contribution in [0.3, 0.4) is 0 Å². The van der Waals surface area contributed by atoms with Gasteiger partial charge in [0.15, 0.2) is 0 Å². The largest absolute Gasteiger partial charge is 0.330 e. The molecule has 0 aromatic carbocycles. The fourth-order valence-electron chi connectivity index (χ4n) is 0.388. The number of halogens is 2. The molecule has 0 aromatic rings. The molecule has 2 nitrogen and oxygen atoms in total. The SMILES string of the molecule is C#CCNCCCN.Cl.Cl. The van der Waals surface area contributed by atoms with Crippen molar-refractivity contribution in [3.05, 3.63) is 0 Å². The molecule has 0 bridgehead atoms. The van der Waals surface area contributed by atoms with Gasteiger partial charge in [0.05, 0.1) is 6.54 Å². The molecule has 0 unspecified atom stereocenters. The molecule has 0 amide bonds. The van der Waals surface area contributed by atoms with Crippen molar-refractivity contribution >= 4 is 24.8 Å².